The molecule has 0 fully saturated rings. The van der Waals surface area contributed by atoms with Gasteiger partial charge in [-0.2, -0.15) is 0 Å². The van der Waals surface area contributed by atoms with Crippen LogP contribution in [0.5, 0.6) is 0 Å². The molecule has 0 amide bonds. The van der Waals surface area contributed by atoms with E-state index in [9.17, 15) is 0 Å². The molecule has 0 nitrogen and oxygen atoms in total. The molecule has 30 heavy (non-hydrogen) atoms. The van der Waals surface area contributed by atoms with Crippen LogP contribution in [0, 0.1) is 45.1 Å². The second kappa shape index (κ2) is 8.19. The fraction of sp³-hybridized carbons (Fsp3) is 0.704. The predicted molar refractivity (Wildman–Crippen MR) is 140 cm³/mol. The third-order valence-electron chi connectivity index (χ3n) is 8.19. The summed E-state index contributed by atoms with van der Waals surface area (Å²) in [6.07, 6.45) is 0. The average Bonchev–Trinajstić information content (AvgIpc) is 2.78. The van der Waals surface area contributed by atoms with Crippen LogP contribution in [0.25, 0.3) is 0 Å². The van der Waals surface area contributed by atoms with Gasteiger partial charge < -0.3 is 0 Å². The van der Waals surface area contributed by atoms with E-state index in [4.69, 9.17) is 0 Å². The third kappa shape index (κ3) is 4.18. The van der Waals surface area contributed by atoms with Crippen molar-refractivity contribution in [2.75, 3.05) is 0 Å². The Hall–Kier alpha value is 0.731. The normalized spacial score (nSPS) is 22.6. The SMILES string of the molecule is CC1=C(C)C(C)(C)[C]([Sm]([C]2=C(C)C(C)=C(C)C2(C)C)[CH]([Si](C)(C)C)[Si](C)(C)C)=C1C. The standard InChI is InChI=1S/2C10H15.C7H19Si2.Sm/c2*1-7-6-10(4,5)9(3)8(7)2;1-8(2,3)7-9(4,5)6;/h2*1-5H3;7H,1-6H3;. The molecule has 0 saturated heterocycles. The first-order valence-electron chi connectivity index (χ1n) is 11.7. The maximum absolute atomic E-state index is 2.69. The van der Waals surface area contributed by atoms with Crippen LogP contribution in [0.4, 0.5) is 0 Å². The van der Waals surface area contributed by atoms with E-state index >= 15 is 0 Å². The number of hydrogen-bond donors (Lipinski definition) is 0. The van der Waals surface area contributed by atoms with E-state index in [1.165, 1.54) is 0 Å². The van der Waals surface area contributed by atoms with Gasteiger partial charge in [-0.1, -0.05) is 0 Å². The first-order chi connectivity index (χ1) is 13.2. The molecular formula is C27H49Si2Sm. The molecule has 2 aliphatic carbocycles. The van der Waals surface area contributed by atoms with Crippen LogP contribution in [0.2, 0.25) is 40.2 Å². The fourth-order valence-electron chi connectivity index (χ4n) is 6.34. The minimum absolute atomic E-state index is 0.229. The molecule has 2 aliphatic rings. The van der Waals surface area contributed by atoms with Gasteiger partial charge in [-0.25, -0.2) is 0 Å². The molecule has 0 heterocycles. The maximum atomic E-state index is 2.69. The molecule has 0 radical (unpaired) electrons. The Morgan fingerprint density at radius 3 is 0.967 bits per heavy atom. The molecule has 0 spiro atoms. The van der Waals surface area contributed by atoms with Gasteiger partial charge in [-0.3, -0.25) is 0 Å². The van der Waals surface area contributed by atoms with Gasteiger partial charge in [-0.05, 0) is 0 Å². The second-order valence-corrected chi connectivity index (χ2v) is 33.5. The Bertz CT molecular complexity index is 805. The summed E-state index contributed by atoms with van der Waals surface area (Å²) in [5.74, 6) is 0. The van der Waals surface area contributed by atoms with E-state index < -0.39 is 50.4 Å². The fourth-order valence-corrected chi connectivity index (χ4v) is 45.0. The summed E-state index contributed by atoms with van der Waals surface area (Å²) in [7, 11) is -2.70. The van der Waals surface area contributed by atoms with Crippen LogP contribution >= 0.6 is 0 Å². The zero-order valence-corrected chi connectivity index (χ0v) is 27.6. The van der Waals surface area contributed by atoms with Gasteiger partial charge in [0.1, 0.15) is 0 Å². The van der Waals surface area contributed by atoms with Crippen LogP contribution in [-0.2, 0) is 0 Å². The Morgan fingerprint density at radius 1 is 0.533 bits per heavy atom. The summed E-state index contributed by atoms with van der Waals surface area (Å²) in [4.78, 5) is 0. The van der Waals surface area contributed by atoms with Crippen LogP contribution in [0.15, 0.2) is 36.0 Å². The summed E-state index contributed by atoms with van der Waals surface area (Å²) in [6.45, 7) is 40.9. The van der Waals surface area contributed by atoms with Gasteiger partial charge in [0.25, 0.3) is 0 Å². The first-order valence-corrected chi connectivity index (χ1v) is 23.0. The molecule has 0 aromatic carbocycles. The molecule has 2 rings (SSSR count). The van der Waals surface area contributed by atoms with Gasteiger partial charge in [0, 0.05) is 0 Å². The Morgan fingerprint density at radius 2 is 0.800 bits per heavy atom. The molecule has 0 aromatic heterocycles. The van der Waals surface area contributed by atoms with Crippen molar-refractivity contribution >= 4 is 16.1 Å². The van der Waals surface area contributed by atoms with Gasteiger partial charge in [0.05, 0.1) is 0 Å². The van der Waals surface area contributed by atoms with Crippen molar-refractivity contribution < 1.29 is 34.2 Å². The van der Waals surface area contributed by atoms with Crippen LogP contribution in [0.3, 0.4) is 0 Å². The van der Waals surface area contributed by atoms with Crippen molar-refractivity contribution in [3.8, 4) is 0 Å². The molecule has 171 valence electrons. The predicted octanol–water partition coefficient (Wildman–Crippen LogP) is 9.45. The van der Waals surface area contributed by atoms with Crippen molar-refractivity contribution in [3.05, 3.63) is 36.0 Å². The Balaban J connectivity index is 2.98. The summed E-state index contributed by atoms with van der Waals surface area (Å²) in [6, 6.07) is 0. The number of hydrogen-bond acceptors (Lipinski definition) is 0. The molecule has 0 atom stereocenters. The van der Waals surface area contributed by atoms with E-state index in [1.807, 2.05) is 2.58 Å². The van der Waals surface area contributed by atoms with Crippen molar-refractivity contribution in [1.82, 2.24) is 0 Å². The molecular weight excluding hydrogens is 531 g/mol. The average molecular weight is 580 g/mol. The number of rotatable bonds is 5. The van der Waals surface area contributed by atoms with Crippen LogP contribution in [-0.4, -0.2) is 16.1 Å². The van der Waals surface area contributed by atoms with Crippen molar-refractivity contribution in [1.29, 1.82) is 0 Å². The topological polar surface area (TPSA) is 0 Å². The molecule has 0 bridgehead atoms. The monoisotopic (exact) mass is 581 g/mol. The van der Waals surface area contributed by atoms with Crippen molar-refractivity contribution in [3.63, 3.8) is 0 Å². The van der Waals surface area contributed by atoms with E-state index in [2.05, 4.69) is 109 Å². The van der Waals surface area contributed by atoms with E-state index in [-0.39, 0.29) is 10.8 Å². The molecule has 0 unspecified atom stereocenters. The molecule has 0 aromatic rings. The molecule has 3 heteroatoms. The zero-order chi connectivity index (χ0) is 23.8. The van der Waals surface area contributed by atoms with Gasteiger partial charge in [0.2, 0.25) is 0 Å². The zero-order valence-electron chi connectivity index (χ0n) is 23.0. The summed E-state index contributed by atoms with van der Waals surface area (Å²) >= 11 is -2.22. The molecule has 0 N–H and O–H groups in total. The van der Waals surface area contributed by atoms with Crippen molar-refractivity contribution in [2.24, 2.45) is 10.8 Å². The van der Waals surface area contributed by atoms with Crippen LogP contribution < -0.4 is 0 Å². The van der Waals surface area contributed by atoms with E-state index in [0.717, 1.165) is 0.879 Å². The van der Waals surface area contributed by atoms with E-state index in [1.54, 1.807) is 33.4 Å². The third-order valence-corrected chi connectivity index (χ3v) is 43.2. The van der Waals surface area contributed by atoms with Crippen molar-refractivity contribution in [2.45, 2.75) is 109 Å². The van der Waals surface area contributed by atoms with Gasteiger partial charge >= 0.3 is 207 Å². The Kier molecular flexibility index (Phi) is 7.37. The minimum atomic E-state index is -2.22. The number of allylic oxidation sites excluding steroid dienone is 8. The quantitative estimate of drug-likeness (QED) is 0.285. The van der Waals surface area contributed by atoms with Gasteiger partial charge in [-0.15, -0.1) is 0 Å². The summed E-state index contributed by atoms with van der Waals surface area (Å²) in [5, 5.41) is 0. The van der Waals surface area contributed by atoms with Gasteiger partial charge in [0.15, 0.2) is 0 Å². The first kappa shape index (κ1) is 27.0. The van der Waals surface area contributed by atoms with E-state index in [0.29, 0.717) is 0 Å². The second-order valence-electron chi connectivity index (χ2n) is 13.1. The summed E-state index contributed by atoms with van der Waals surface area (Å²) < 4.78 is 4.89. The summed E-state index contributed by atoms with van der Waals surface area (Å²) in [5.41, 5.74) is 10.2. The van der Waals surface area contributed by atoms with Crippen LogP contribution in [0.1, 0.15) is 69.2 Å². The molecule has 0 aliphatic heterocycles. The Labute approximate surface area is 204 Å². The molecule has 0 saturated carbocycles.